The first kappa shape index (κ1) is 18.3. The fraction of sp³-hybridized carbons (Fsp3) is 0.214. The largest absolute Gasteiger partial charge is 0.383 e. The van der Waals surface area contributed by atoms with Crippen LogP contribution in [0.5, 0.6) is 0 Å². The summed E-state index contributed by atoms with van der Waals surface area (Å²) in [5.41, 5.74) is 6.35. The second-order valence-corrected chi connectivity index (χ2v) is 7.55. The summed E-state index contributed by atoms with van der Waals surface area (Å²) in [5.74, 6) is -0.0430. The lowest BCUT2D eigenvalue weighted by molar-refractivity contribution is -0.116. The van der Waals surface area contributed by atoms with Crippen molar-refractivity contribution in [3.63, 3.8) is 0 Å². The molecule has 10 heteroatoms. The van der Waals surface area contributed by atoms with Gasteiger partial charge in [0.25, 0.3) is 0 Å². The molecule has 0 fully saturated rings. The van der Waals surface area contributed by atoms with Crippen molar-refractivity contribution in [3.05, 3.63) is 40.6 Å². The molecule has 1 amide bonds. The molecule has 0 aliphatic carbocycles. The summed E-state index contributed by atoms with van der Waals surface area (Å²) in [4.78, 5) is 19.6. The predicted octanol–water partition coefficient (Wildman–Crippen LogP) is 1.44. The number of aromatic nitrogens is 2. The SMILES string of the molecule is Cc1cccc(NC(=O)CCNS(=O)(=O)c2cc(Br)cnc2N)n1. The number of carbonyl (C=O) groups is 1. The minimum atomic E-state index is -3.85. The average Bonchev–Trinajstić information content (AvgIpc) is 2.49. The third kappa shape index (κ3) is 4.98. The zero-order valence-corrected chi connectivity index (χ0v) is 15.2. The molecule has 0 aromatic carbocycles. The van der Waals surface area contributed by atoms with Gasteiger partial charge in [0, 0.05) is 29.3 Å². The van der Waals surface area contributed by atoms with Gasteiger partial charge >= 0.3 is 0 Å². The molecule has 2 rings (SSSR count). The maximum atomic E-state index is 12.2. The molecular formula is C14H16BrN5O3S. The molecule has 24 heavy (non-hydrogen) atoms. The number of rotatable bonds is 6. The number of anilines is 2. The number of sulfonamides is 1. The second kappa shape index (κ2) is 7.69. The third-order valence-corrected chi connectivity index (χ3v) is 4.86. The highest BCUT2D eigenvalue weighted by atomic mass is 79.9. The highest BCUT2D eigenvalue weighted by Gasteiger charge is 2.19. The first-order valence-corrected chi connectivity index (χ1v) is 9.20. The summed E-state index contributed by atoms with van der Waals surface area (Å²) in [6.07, 6.45) is 1.35. The molecule has 0 bridgehead atoms. The van der Waals surface area contributed by atoms with E-state index in [0.717, 1.165) is 5.69 Å². The number of pyridine rings is 2. The van der Waals surface area contributed by atoms with Gasteiger partial charge < -0.3 is 11.1 Å². The Hall–Kier alpha value is -2.04. The van der Waals surface area contributed by atoms with Crippen LogP contribution in [-0.4, -0.2) is 30.8 Å². The highest BCUT2D eigenvalue weighted by molar-refractivity contribution is 9.10. The number of aryl methyl sites for hydroxylation is 1. The molecular weight excluding hydrogens is 398 g/mol. The topological polar surface area (TPSA) is 127 Å². The molecule has 0 atom stereocenters. The zero-order valence-electron chi connectivity index (χ0n) is 12.8. The fourth-order valence-electron chi connectivity index (χ4n) is 1.84. The van der Waals surface area contributed by atoms with Crippen molar-refractivity contribution in [1.82, 2.24) is 14.7 Å². The molecule has 0 saturated heterocycles. The second-order valence-electron chi connectivity index (χ2n) is 4.90. The number of amides is 1. The number of nitrogens with zero attached hydrogens (tertiary/aromatic N) is 2. The average molecular weight is 414 g/mol. The van der Waals surface area contributed by atoms with Gasteiger partial charge in [-0.05, 0) is 41.1 Å². The van der Waals surface area contributed by atoms with E-state index >= 15 is 0 Å². The van der Waals surface area contributed by atoms with E-state index in [4.69, 9.17) is 5.73 Å². The Kier molecular flexibility index (Phi) is 5.86. The van der Waals surface area contributed by atoms with Crippen molar-refractivity contribution >= 4 is 43.5 Å². The van der Waals surface area contributed by atoms with Crippen LogP contribution < -0.4 is 15.8 Å². The first-order chi connectivity index (χ1) is 11.3. The fourth-order valence-corrected chi connectivity index (χ4v) is 3.46. The predicted molar refractivity (Wildman–Crippen MR) is 93.8 cm³/mol. The number of halogens is 1. The summed E-state index contributed by atoms with van der Waals surface area (Å²) < 4.78 is 27.2. The quantitative estimate of drug-likeness (QED) is 0.657. The van der Waals surface area contributed by atoms with Crippen LogP contribution in [0, 0.1) is 6.92 Å². The van der Waals surface area contributed by atoms with Crippen LogP contribution >= 0.6 is 15.9 Å². The number of nitrogens with one attached hydrogen (secondary N) is 2. The van der Waals surface area contributed by atoms with E-state index in [-0.39, 0.29) is 29.6 Å². The number of hydrogen-bond donors (Lipinski definition) is 3. The normalized spacial score (nSPS) is 11.2. The molecule has 8 nitrogen and oxygen atoms in total. The van der Waals surface area contributed by atoms with Gasteiger partial charge in [0.15, 0.2) is 0 Å². The molecule has 2 aromatic heterocycles. The number of hydrogen-bond acceptors (Lipinski definition) is 6. The van der Waals surface area contributed by atoms with Crippen LogP contribution in [0.1, 0.15) is 12.1 Å². The van der Waals surface area contributed by atoms with Crippen LogP contribution in [0.4, 0.5) is 11.6 Å². The highest BCUT2D eigenvalue weighted by Crippen LogP contribution is 2.20. The Bertz CT molecular complexity index is 857. The van der Waals surface area contributed by atoms with Gasteiger partial charge in [-0.15, -0.1) is 0 Å². The van der Waals surface area contributed by atoms with E-state index in [2.05, 4.69) is 35.9 Å². The van der Waals surface area contributed by atoms with Gasteiger partial charge in [-0.3, -0.25) is 4.79 Å². The van der Waals surface area contributed by atoms with Crippen LogP contribution in [0.2, 0.25) is 0 Å². The summed E-state index contributed by atoms with van der Waals surface area (Å²) in [7, 11) is -3.85. The molecule has 2 heterocycles. The van der Waals surface area contributed by atoms with Crippen molar-refractivity contribution in [3.8, 4) is 0 Å². The first-order valence-electron chi connectivity index (χ1n) is 6.92. The standard InChI is InChI=1S/C14H16BrN5O3S/c1-9-3-2-4-12(19-9)20-13(21)5-6-18-24(22,23)11-7-10(15)8-17-14(11)16/h2-4,7-8,18H,5-6H2,1H3,(H2,16,17)(H,19,20,21). The molecule has 0 spiro atoms. The van der Waals surface area contributed by atoms with Gasteiger partial charge in [0.2, 0.25) is 15.9 Å². The van der Waals surface area contributed by atoms with Gasteiger partial charge in [0.1, 0.15) is 16.5 Å². The van der Waals surface area contributed by atoms with Gasteiger partial charge in [-0.1, -0.05) is 6.07 Å². The Labute approximate surface area is 148 Å². The lowest BCUT2D eigenvalue weighted by Gasteiger charge is -2.09. The Balaban J connectivity index is 1.93. The van der Waals surface area contributed by atoms with Gasteiger partial charge in [0.05, 0.1) is 0 Å². The number of nitrogen functional groups attached to an aromatic ring is 1. The number of carbonyl (C=O) groups excluding carboxylic acids is 1. The summed E-state index contributed by atoms with van der Waals surface area (Å²) in [5, 5.41) is 2.60. The molecule has 0 radical (unpaired) electrons. The van der Waals surface area contributed by atoms with Crippen molar-refractivity contribution in [2.45, 2.75) is 18.2 Å². The van der Waals surface area contributed by atoms with Gasteiger partial charge in [-0.2, -0.15) is 0 Å². The Morgan fingerprint density at radius 1 is 1.38 bits per heavy atom. The molecule has 4 N–H and O–H groups in total. The zero-order chi connectivity index (χ0) is 17.7. The maximum Gasteiger partial charge on any atom is 0.244 e. The maximum absolute atomic E-state index is 12.2. The van der Waals surface area contributed by atoms with E-state index < -0.39 is 10.0 Å². The van der Waals surface area contributed by atoms with Crippen molar-refractivity contribution in [2.24, 2.45) is 0 Å². The lowest BCUT2D eigenvalue weighted by Crippen LogP contribution is -2.28. The monoisotopic (exact) mass is 413 g/mol. The lowest BCUT2D eigenvalue weighted by atomic mass is 10.3. The summed E-state index contributed by atoms with van der Waals surface area (Å²) in [6.45, 7) is 1.73. The molecule has 0 saturated carbocycles. The smallest absolute Gasteiger partial charge is 0.244 e. The van der Waals surface area contributed by atoms with Gasteiger partial charge in [-0.25, -0.2) is 23.1 Å². The van der Waals surface area contributed by atoms with E-state index in [0.29, 0.717) is 10.3 Å². The van der Waals surface area contributed by atoms with Crippen LogP contribution in [0.25, 0.3) is 0 Å². The Morgan fingerprint density at radius 3 is 2.83 bits per heavy atom. The number of nitrogens with two attached hydrogens (primary N) is 1. The molecule has 2 aromatic rings. The molecule has 128 valence electrons. The molecule has 0 aliphatic rings. The minimum absolute atomic E-state index is 0.0454. The van der Waals surface area contributed by atoms with E-state index in [1.54, 1.807) is 25.1 Å². The third-order valence-electron chi connectivity index (χ3n) is 2.94. The summed E-state index contributed by atoms with van der Waals surface area (Å²) in [6, 6.07) is 6.58. The van der Waals surface area contributed by atoms with E-state index in [1.165, 1.54) is 12.3 Å². The van der Waals surface area contributed by atoms with Crippen LogP contribution in [0.15, 0.2) is 39.8 Å². The van der Waals surface area contributed by atoms with E-state index in [9.17, 15) is 13.2 Å². The molecule has 0 aliphatic heterocycles. The van der Waals surface area contributed by atoms with Crippen molar-refractivity contribution in [1.29, 1.82) is 0 Å². The summed E-state index contributed by atoms with van der Waals surface area (Å²) >= 11 is 3.14. The van der Waals surface area contributed by atoms with Crippen molar-refractivity contribution in [2.75, 3.05) is 17.6 Å². The van der Waals surface area contributed by atoms with Crippen molar-refractivity contribution < 1.29 is 13.2 Å². The molecule has 0 unspecified atom stereocenters. The van der Waals surface area contributed by atoms with Crippen LogP contribution in [-0.2, 0) is 14.8 Å². The Morgan fingerprint density at radius 2 is 2.12 bits per heavy atom. The minimum Gasteiger partial charge on any atom is -0.383 e. The van der Waals surface area contributed by atoms with Crippen LogP contribution in [0.3, 0.4) is 0 Å². The van der Waals surface area contributed by atoms with E-state index in [1.807, 2.05) is 0 Å².